The molecule has 0 aliphatic rings. The van der Waals surface area contributed by atoms with Crippen LogP contribution in [0.3, 0.4) is 0 Å². The summed E-state index contributed by atoms with van der Waals surface area (Å²) in [7, 11) is 0. The minimum Gasteiger partial charge on any atom is -0.364 e. The maximum Gasteiger partial charge on any atom is 0.263 e. The van der Waals surface area contributed by atoms with Crippen molar-refractivity contribution in [1.29, 1.82) is 0 Å². The molecule has 2 N–H and O–H groups in total. The van der Waals surface area contributed by atoms with Gasteiger partial charge in [0.15, 0.2) is 0 Å². The van der Waals surface area contributed by atoms with E-state index in [2.05, 4.69) is 35.6 Å². The van der Waals surface area contributed by atoms with Crippen molar-refractivity contribution in [1.82, 2.24) is 25.8 Å². The largest absolute Gasteiger partial charge is 0.364 e. The van der Waals surface area contributed by atoms with Crippen molar-refractivity contribution >= 4 is 5.95 Å². The zero-order chi connectivity index (χ0) is 8.23. The van der Waals surface area contributed by atoms with Crippen LogP contribution in [0.5, 0.6) is 0 Å². The molecule has 62 valence electrons. The molecule has 0 saturated carbocycles. The molecular weight excluding hydrogens is 160 g/mol. The fraction of sp³-hybridized carbons (Fsp3) is 0.200. The Hall–Kier alpha value is -1.92. The summed E-state index contributed by atoms with van der Waals surface area (Å²) < 4.78 is 4.63. The summed E-state index contributed by atoms with van der Waals surface area (Å²) in [5, 5.41) is 19.7. The monoisotopic (exact) mass is 166 g/mol. The Bertz CT molecular complexity index is 279. The van der Waals surface area contributed by atoms with Crippen LogP contribution in [0.4, 0.5) is 5.95 Å². The van der Waals surface area contributed by atoms with E-state index in [0.29, 0.717) is 12.5 Å². The van der Waals surface area contributed by atoms with Crippen LogP contribution >= 0.6 is 0 Å². The number of tetrazole rings is 1. The molecule has 12 heavy (non-hydrogen) atoms. The van der Waals surface area contributed by atoms with Crippen LogP contribution in [0.15, 0.2) is 16.9 Å². The molecule has 0 atom stereocenters. The van der Waals surface area contributed by atoms with Crippen LogP contribution in [0.2, 0.25) is 0 Å². The summed E-state index contributed by atoms with van der Waals surface area (Å²) in [4.78, 5) is 0. The lowest BCUT2D eigenvalue weighted by Gasteiger charge is -1.93. The first-order valence-electron chi connectivity index (χ1n) is 3.32. The van der Waals surface area contributed by atoms with Crippen LogP contribution in [-0.4, -0.2) is 25.8 Å². The van der Waals surface area contributed by atoms with Crippen LogP contribution in [0.1, 0.15) is 5.69 Å². The second kappa shape index (κ2) is 2.99. The molecule has 7 nitrogen and oxygen atoms in total. The molecule has 0 aliphatic heterocycles. The lowest BCUT2D eigenvalue weighted by molar-refractivity contribution is 0.412. The Morgan fingerprint density at radius 1 is 1.58 bits per heavy atom. The number of aromatic nitrogens is 5. The van der Waals surface area contributed by atoms with Gasteiger partial charge in [0, 0.05) is 6.07 Å². The van der Waals surface area contributed by atoms with Gasteiger partial charge in [0.2, 0.25) is 0 Å². The Balaban J connectivity index is 1.91. The molecule has 2 rings (SSSR count). The van der Waals surface area contributed by atoms with Gasteiger partial charge in [-0.25, -0.2) is 0 Å². The van der Waals surface area contributed by atoms with Crippen LogP contribution in [0.25, 0.3) is 0 Å². The zero-order valence-electron chi connectivity index (χ0n) is 6.06. The quantitative estimate of drug-likeness (QED) is 0.655. The minimum atomic E-state index is 0.443. The van der Waals surface area contributed by atoms with E-state index in [9.17, 15) is 0 Å². The average molecular weight is 166 g/mol. The van der Waals surface area contributed by atoms with Crippen molar-refractivity contribution in [2.24, 2.45) is 0 Å². The van der Waals surface area contributed by atoms with Gasteiger partial charge >= 0.3 is 0 Å². The van der Waals surface area contributed by atoms with Crippen LogP contribution in [0, 0.1) is 0 Å². The number of H-pyrrole nitrogens is 1. The second-order valence-electron chi connectivity index (χ2n) is 2.08. The highest BCUT2D eigenvalue weighted by molar-refractivity contribution is 5.20. The molecule has 0 aliphatic carbocycles. The van der Waals surface area contributed by atoms with Crippen molar-refractivity contribution in [3.63, 3.8) is 0 Å². The number of rotatable bonds is 3. The summed E-state index contributed by atoms with van der Waals surface area (Å²) in [5.41, 5.74) is 0.791. The Morgan fingerprint density at radius 2 is 2.58 bits per heavy atom. The number of hydrogen-bond acceptors (Lipinski definition) is 6. The van der Waals surface area contributed by atoms with Crippen molar-refractivity contribution in [3.8, 4) is 0 Å². The molecular formula is C5H6N6O. The second-order valence-corrected chi connectivity index (χ2v) is 2.08. The van der Waals surface area contributed by atoms with E-state index in [1.165, 1.54) is 6.26 Å². The average Bonchev–Trinajstić information content (AvgIpc) is 2.74. The normalized spacial score (nSPS) is 10.0. The number of aromatic amines is 1. The van der Waals surface area contributed by atoms with Gasteiger partial charge in [-0.15, -0.1) is 5.10 Å². The topological polar surface area (TPSA) is 92.5 Å². The molecule has 0 bridgehead atoms. The number of hydrogen-bond donors (Lipinski definition) is 2. The summed E-state index contributed by atoms with van der Waals surface area (Å²) in [6.07, 6.45) is 1.51. The third-order valence-electron chi connectivity index (χ3n) is 1.26. The highest BCUT2D eigenvalue weighted by Crippen LogP contribution is 1.97. The van der Waals surface area contributed by atoms with Gasteiger partial charge in [-0.2, -0.15) is 5.21 Å². The molecule has 0 aromatic carbocycles. The fourth-order valence-electron chi connectivity index (χ4n) is 0.735. The third-order valence-corrected chi connectivity index (χ3v) is 1.26. The van der Waals surface area contributed by atoms with E-state index >= 15 is 0 Å². The molecule has 0 saturated heterocycles. The van der Waals surface area contributed by atoms with Gasteiger partial charge in [-0.1, -0.05) is 10.3 Å². The Labute approximate surface area is 67.1 Å². The third kappa shape index (κ3) is 1.39. The van der Waals surface area contributed by atoms with Gasteiger partial charge in [0.1, 0.15) is 12.0 Å². The Morgan fingerprint density at radius 3 is 3.25 bits per heavy atom. The maximum absolute atomic E-state index is 4.63. The van der Waals surface area contributed by atoms with Crippen molar-refractivity contribution < 1.29 is 4.52 Å². The minimum absolute atomic E-state index is 0.443. The van der Waals surface area contributed by atoms with Gasteiger partial charge in [0.25, 0.3) is 5.95 Å². The van der Waals surface area contributed by atoms with E-state index in [1.807, 2.05) is 0 Å². The van der Waals surface area contributed by atoms with Gasteiger partial charge in [-0.3, -0.25) is 0 Å². The van der Waals surface area contributed by atoms with E-state index in [1.54, 1.807) is 6.07 Å². The molecule has 2 heterocycles. The highest BCUT2D eigenvalue weighted by atomic mass is 16.5. The van der Waals surface area contributed by atoms with Crippen molar-refractivity contribution in [2.45, 2.75) is 6.54 Å². The summed E-state index contributed by atoms with van der Waals surface area (Å²) in [5.74, 6) is 0.443. The van der Waals surface area contributed by atoms with Gasteiger partial charge < -0.3 is 9.84 Å². The maximum atomic E-state index is 4.63. The number of nitrogens with one attached hydrogen (secondary N) is 2. The SMILES string of the molecule is c1cc(CNc2nn[nH]n2)no1. The van der Waals surface area contributed by atoms with E-state index in [4.69, 9.17) is 0 Å². The number of anilines is 1. The lowest BCUT2D eigenvalue weighted by Crippen LogP contribution is -2.00. The zero-order valence-corrected chi connectivity index (χ0v) is 6.06. The standard InChI is InChI=1S/C5H6N6O/c1-2-12-9-4(1)3-6-5-7-10-11-8-5/h1-2H,3H2,(H2,6,7,8,10,11). The fourth-order valence-corrected chi connectivity index (χ4v) is 0.735. The van der Waals surface area contributed by atoms with Gasteiger partial charge in [-0.05, 0) is 5.21 Å². The smallest absolute Gasteiger partial charge is 0.263 e. The van der Waals surface area contributed by atoms with Crippen molar-refractivity contribution in [2.75, 3.05) is 5.32 Å². The first kappa shape index (κ1) is 6.77. The van der Waals surface area contributed by atoms with Crippen molar-refractivity contribution in [3.05, 3.63) is 18.0 Å². The highest BCUT2D eigenvalue weighted by Gasteiger charge is 1.98. The van der Waals surface area contributed by atoms with E-state index in [0.717, 1.165) is 5.69 Å². The first-order valence-corrected chi connectivity index (χ1v) is 3.32. The molecule has 7 heteroatoms. The molecule has 2 aromatic heterocycles. The molecule has 0 amide bonds. The lowest BCUT2D eigenvalue weighted by atomic mass is 10.4. The molecule has 0 spiro atoms. The first-order chi connectivity index (χ1) is 5.95. The van der Waals surface area contributed by atoms with E-state index in [-0.39, 0.29) is 0 Å². The predicted molar refractivity (Wildman–Crippen MR) is 38.0 cm³/mol. The molecule has 2 aromatic rings. The number of nitrogens with zero attached hydrogens (tertiary/aromatic N) is 4. The van der Waals surface area contributed by atoms with Crippen LogP contribution in [-0.2, 0) is 6.54 Å². The summed E-state index contributed by atoms with van der Waals surface area (Å²) in [6.45, 7) is 0.524. The van der Waals surface area contributed by atoms with Crippen LogP contribution < -0.4 is 5.32 Å². The van der Waals surface area contributed by atoms with E-state index < -0.39 is 0 Å². The molecule has 0 radical (unpaired) electrons. The summed E-state index contributed by atoms with van der Waals surface area (Å²) in [6, 6.07) is 1.76. The summed E-state index contributed by atoms with van der Waals surface area (Å²) >= 11 is 0. The molecule has 0 fully saturated rings. The molecule has 0 unspecified atom stereocenters. The Kier molecular flexibility index (Phi) is 1.69. The predicted octanol–water partition coefficient (Wildman–Crippen LogP) is -0.200. The van der Waals surface area contributed by atoms with Gasteiger partial charge in [0.05, 0.1) is 6.54 Å².